The van der Waals surface area contributed by atoms with Crippen molar-refractivity contribution in [2.24, 2.45) is 0 Å². The van der Waals surface area contributed by atoms with Crippen LogP contribution in [0.3, 0.4) is 0 Å². The summed E-state index contributed by atoms with van der Waals surface area (Å²) in [5.74, 6) is -0.100. The molecular weight excluding hydrogens is 358 g/mol. The number of amides is 2. The smallest absolute Gasteiger partial charge is 0.257 e. The van der Waals surface area contributed by atoms with Gasteiger partial charge in [0.15, 0.2) is 0 Å². The van der Waals surface area contributed by atoms with Gasteiger partial charge in [-0.15, -0.1) is 0 Å². The number of carbonyl (C=O) groups is 2. The zero-order valence-electron chi connectivity index (χ0n) is 15.1. The largest absolute Gasteiger partial charge is 0.494 e. The number of ether oxygens (including phenoxy) is 1. The van der Waals surface area contributed by atoms with Gasteiger partial charge in [-0.25, -0.2) is 8.78 Å². The zero-order valence-corrected chi connectivity index (χ0v) is 15.1. The summed E-state index contributed by atoms with van der Waals surface area (Å²) in [5.41, 5.74) is 0.985. The van der Waals surface area contributed by atoms with E-state index in [0.29, 0.717) is 23.6 Å². The molecule has 1 unspecified atom stereocenters. The molecule has 0 saturated heterocycles. The second kappa shape index (κ2) is 9.65. The van der Waals surface area contributed by atoms with Crippen LogP contribution in [0.5, 0.6) is 5.75 Å². The van der Waals surface area contributed by atoms with E-state index in [1.54, 1.807) is 24.3 Å². The molecular formula is C18H22F2N4O3. The first-order chi connectivity index (χ1) is 12.9. The fourth-order valence-electron chi connectivity index (χ4n) is 2.61. The summed E-state index contributed by atoms with van der Waals surface area (Å²) in [5, 5.41) is 9.11. The lowest BCUT2D eigenvalue weighted by Gasteiger charge is -2.20. The standard InChI is InChI=1S/C18H22F2N4O3/c1-3-27-16-7-5-4-6-14(16)15(22-12(2)25)8-18(26)23-13-9-21-24(10-13)11-17(19)20/h4-7,9-10,15,17H,3,8,11H2,1-2H3,(H,22,25)(H,23,26). The summed E-state index contributed by atoms with van der Waals surface area (Å²) in [7, 11) is 0. The van der Waals surface area contributed by atoms with Crippen LogP contribution in [0, 0.1) is 0 Å². The molecule has 7 nitrogen and oxygen atoms in total. The van der Waals surface area contributed by atoms with Crippen molar-refractivity contribution in [3.8, 4) is 5.75 Å². The van der Waals surface area contributed by atoms with Crippen molar-refractivity contribution < 1.29 is 23.1 Å². The fourth-order valence-corrected chi connectivity index (χ4v) is 2.61. The van der Waals surface area contributed by atoms with Crippen molar-refractivity contribution in [2.45, 2.75) is 39.3 Å². The number of carbonyl (C=O) groups excluding carboxylic acids is 2. The molecule has 2 aromatic rings. The van der Waals surface area contributed by atoms with Crippen LogP contribution in [0.2, 0.25) is 0 Å². The minimum atomic E-state index is -2.53. The highest BCUT2D eigenvalue weighted by molar-refractivity contribution is 5.91. The molecule has 0 bridgehead atoms. The first-order valence-corrected chi connectivity index (χ1v) is 8.48. The summed E-state index contributed by atoms with van der Waals surface area (Å²) in [6.07, 6.45) is 0.0320. The summed E-state index contributed by atoms with van der Waals surface area (Å²) in [6, 6.07) is 6.54. The van der Waals surface area contributed by atoms with Crippen LogP contribution in [0.4, 0.5) is 14.5 Å². The average Bonchev–Trinajstić information content (AvgIpc) is 3.00. The number of halogens is 2. The summed E-state index contributed by atoms with van der Waals surface area (Å²) < 4.78 is 31.4. The van der Waals surface area contributed by atoms with Gasteiger partial charge in [-0.05, 0) is 13.0 Å². The Morgan fingerprint density at radius 3 is 2.70 bits per heavy atom. The third kappa shape index (κ3) is 6.36. The molecule has 1 aromatic carbocycles. The van der Waals surface area contributed by atoms with E-state index >= 15 is 0 Å². The van der Waals surface area contributed by atoms with Crippen molar-refractivity contribution in [3.63, 3.8) is 0 Å². The van der Waals surface area contributed by atoms with Crippen LogP contribution in [-0.4, -0.2) is 34.6 Å². The first kappa shape index (κ1) is 20.3. The van der Waals surface area contributed by atoms with E-state index in [-0.39, 0.29) is 12.3 Å². The number of benzene rings is 1. The van der Waals surface area contributed by atoms with Crippen LogP contribution >= 0.6 is 0 Å². The van der Waals surface area contributed by atoms with Gasteiger partial charge < -0.3 is 15.4 Å². The van der Waals surface area contributed by atoms with E-state index in [1.807, 2.05) is 6.92 Å². The summed E-state index contributed by atoms with van der Waals surface area (Å²) in [6.45, 7) is 3.10. The molecule has 0 spiro atoms. The molecule has 1 heterocycles. The molecule has 0 fully saturated rings. The molecule has 2 N–H and O–H groups in total. The van der Waals surface area contributed by atoms with E-state index in [1.165, 1.54) is 19.3 Å². The molecule has 0 aliphatic rings. The van der Waals surface area contributed by atoms with E-state index in [2.05, 4.69) is 15.7 Å². The maximum absolute atomic E-state index is 12.4. The Labute approximate surface area is 155 Å². The Morgan fingerprint density at radius 1 is 1.30 bits per heavy atom. The van der Waals surface area contributed by atoms with Gasteiger partial charge >= 0.3 is 0 Å². The second-order valence-corrected chi connectivity index (χ2v) is 5.82. The Kier molecular flexibility index (Phi) is 7.27. The number of para-hydroxylation sites is 1. The Hall–Kier alpha value is -2.97. The number of aromatic nitrogens is 2. The second-order valence-electron chi connectivity index (χ2n) is 5.82. The van der Waals surface area contributed by atoms with E-state index < -0.39 is 24.9 Å². The molecule has 9 heteroatoms. The molecule has 1 atom stereocenters. The van der Waals surface area contributed by atoms with Crippen molar-refractivity contribution in [3.05, 3.63) is 42.2 Å². The Morgan fingerprint density at radius 2 is 2.04 bits per heavy atom. The molecule has 0 aliphatic heterocycles. The van der Waals surface area contributed by atoms with Crippen molar-refractivity contribution in [1.29, 1.82) is 0 Å². The Bertz CT molecular complexity index is 779. The van der Waals surface area contributed by atoms with Gasteiger partial charge in [0.25, 0.3) is 6.43 Å². The SMILES string of the molecule is CCOc1ccccc1C(CC(=O)Nc1cnn(CC(F)F)c1)NC(C)=O. The number of hydrogen-bond acceptors (Lipinski definition) is 4. The lowest BCUT2D eigenvalue weighted by atomic mass is 10.0. The van der Waals surface area contributed by atoms with E-state index in [0.717, 1.165) is 4.68 Å². The van der Waals surface area contributed by atoms with Gasteiger partial charge in [-0.3, -0.25) is 14.3 Å². The molecule has 2 rings (SSSR count). The predicted molar refractivity (Wildman–Crippen MR) is 95.6 cm³/mol. The Balaban J connectivity index is 2.10. The third-order valence-electron chi connectivity index (χ3n) is 3.60. The van der Waals surface area contributed by atoms with Crippen molar-refractivity contribution in [1.82, 2.24) is 15.1 Å². The summed E-state index contributed by atoms with van der Waals surface area (Å²) in [4.78, 5) is 24.0. The number of alkyl halides is 2. The minimum absolute atomic E-state index is 0.0519. The van der Waals surface area contributed by atoms with Crippen molar-refractivity contribution >= 4 is 17.5 Å². The highest BCUT2D eigenvalue weighted by Crippen LogP contribution is 2.27. The third-order valence-corrected chi connectivity index (χ3v) is 3.60. The first-order valence-electron chi connectivity index (χ1n) is 8.48. The highest BCUT2D eigenvalue weighted by atomic mass is 19.3. The number of anilines is 1. The average molecular weight is 380 g/mol. The molecule has 146 valence electrons. The van der Waals surface area contributed by atoms with Gasteiger partial charge in [0.05, 0.1) is 31.0 Å². The zero-order chi connectivity index (χ0) is 19.8. The maximum atomic E-state index is 12.4. The number of nitrogens with zero attached hydrogens (tertiary/aromatic N) is 2. The van der Waals surface area contributed by atoms with Gasteiger partial charge in [-0.1, -0.05) is 18.2 Å². The van der Waals surface area contributed by atoms with Gasteiger partial charge in [0, 0.05) is 18.7 Å². The maximum Gasteiger partial charge on any atom is 0.257 e. The van der Waals surface area contributed by atoms with Crippen LogP contribution in [0.15, 0.2) is 36.7 Å². The molecule has 0 saturated carbocycles. The van der Waals surface area contributed by atoms with E-state index in [9.17, 15) is 18.4 Å². The normalized spacial score (nSPS) is 11.9. The van der Waals surface area contributed by atoms with Crippen LogP contribution in [0.25, 0.3) is 0 Å². The predicted octanol–water partition coefficient (Wildman–Crippen LogP) is 2.75. The monoisotopic (exact) mass is 380 g/mol. The molecule has 0 radical (unpaired) electrons. The van der Waals surface area contributed by atoms with Gasteiger partial charge in [-0.2, -0.15) is 5.10 Å². The molecule has 1 aromatic heterocycles. The minimum Gasteiger partial charge on any atom is -0.494 e. The molecule has 2 amide bonds. The highest BCUT2D eigenvalue weighted by Gasteiger charge is 2.21. The molecule has 0 aliphatic carbocycles. The lowest BCUT2D eigenvalue weighted by Crippen LogP contribution is -2.30. The lowest BCUT2D eigenvalue weighted by molar-refractivity contribution is -0.120. The number of hydrogen-bond donors (Lipinski definition) is 2. The van der Waals surface area contributed by atoms with Gasteiger partial charge in [0.2, 0.25) is 11.8 Å². The number of rotatable bonds is 9. The summed E-state index contributed by atoms with van der Waals surface area (Å²) >= 11 is 0. The van der Waals surface area contributed by atoms with Crippen LogP contribution in [-0.2, 0) is 16.1 Å². The topological polar surface area (TPSA) is 85.2 Å². The number of nitrogens with one attached hydrogen (secondary N) is 2. The van der Waals surface area contributed by atoms with Crippen molar-refractivity contribution in [2.75, 3.05) is 11.9 Å². The quantitative estimate of drug-likeness (QED) is 0.701. The van der Waals surface area contributed by atoms with Gasteiger partial charge in [0.1, 0.15) is 12.3 Å². The van der Waals surface area contributed by atoms with Crippen LogP contribution in [0.1, 0.15) is 31.9 Å². The fraction of sp³-hybridized carbons (Fsp3) is 0.389. The molecule has 27 heavy (non-hydrogen) atoms. The van der Waals surface area contributed by atoms with E-state index in [4.69, 9.17) is 4.74 Å². The van der Waals surface area contributed by atoms with Crippen LogP contribution < -0.4 is 15.4 Å².